The van der Waals surface area contributed by atoms with Crippen LogP contribution in [0.3, 0.4) is 0 Å². The Morgan fingerprint density at radius 3 is 1.98 bits per heavy atom. The van der Waals surface area contributed by atoms with Gasteiger partial charge in [-0.1, -0.05) is 26.0 Å². The molecule has 2 aliphatic heterocycles. The minimum atomic E-state index is -0.896. The largest absolute Gasteiger partial charge is 0.494 e. The van der Waals surface area contributed by atoms with Crippen molar-refractivity contribution in [3.05, 3.63) is 53.7 Å². The summed E-state index contributed by atoms with van der Waals surface area (Å²) in [5.74, 6) is 3.31. The zero-order valence-corrected chi connectivity index (χ0v) is 36.9. The summed E-state index contributed by atoms with van der Waals surface area (Å²) in [4.78, 5) is 55.8. The third-order valence-electron chi connectivity index (χ3n) is 9.72. The van der Waals surface area contributed by atoms with Crippen LogP contribution in [0.2, 0.25) is 0 Å². The molecule has 3 atom stereocenters. The molecule has 9 N–H and O–H groups in total. The average molecular weight is 891 g/mol. The first-order valence-electron chi connectivity index (χ1n) is 21.8. The molecule has 1 aromatic carbocycles. The highest BCUT2D eigenvalue weighted by Gasteiger charge is 2.36. The fourth-order valence-corrected chi connectivity index (χ4v) is 6.47. The van der Waals surface area contributed by atoms with Crippen LogP contribution in [0, 0.1) is 17.8 Å². The first-order chi connectivity index (χ1) is 30.7. The molecule has 1 aromatic heterocycles. The summed E-state index contributed by atoms with van der Waals surface area (Å²) in [6, 6.07) is 9.72. The molecule has 2 aliphatic rings. The van der Waals surface area contributed by atoms with E-state index in [4.69, 9.17) is 39.0 Å². The third kappa shape index (κ3) is 23.1. The Bertz CT molecular complexity index is 1560. The normalized spacial score (nSPS) is 16.8. The van der Waals surface area contributed by atoms with Gasteiger partial charge in [-0.05, 0) is 68.0 Å². The van der Waals surface area contributed by atoms with Crippen molar-refractivity contribution < 1.29 is 57.5 Å². The van der Waals surface area contributed by atoms with E-state index in [-0.39, 0.29) is 37.3 Å². The number of rotatable bonds is 31. The van der Waals surface area contributed by atoms with Gasteiger partial charge < -0.3 is 59.9 Å². The van der Waals surface area contributed by atoms with Crippen LogP contribution in [-0.2, 0) is 49.2 Å². The topological polar surface area (TPSA) is 264 Å². The second kappa shape index (κ2) is 33.1. The maximum Gasteiger partial charge on any atom is 0.252 e. The molecule has 20 nitrogen and oxygen atoms in total. The van der Waals surface area contributed by atoms with Gasteiger partial charge in [-0.25, -0.2) is 16.3 Å². The van der Waals surface area contributed by atoms with E-state index < -0.39 is 29.7 Å². The van der Waals surface area contributed by atoms with E-state index in [9.17, 15) is 24.4 Å². The van der Waals surface area contributed by atoms with Crippen LogP contribution in [0.15, 0.2) is 42.6 Å². The van der Waals surface area contributed by atoms with Crippen molar-refractivity contribution in [2.24, 2.45) is 23.6 Å². The van der Waals surface area contributed by atoms with Crippen molar-refractivity contribution in [1.82, 2.24) is 31.7 Å². The summed E-state index contributed by atoms with van der Waals surface area (Å²) in [5.41, 5.74) is 5.41. The SMILES string of the molecule is CC(C)C[C@H]1C(=O)N[C@H](C(=O)NCCOCCOCCOCCNCCCOCCOCCOCCNC(=O)c2ccc(NN)nc2)Cc2ccc(cc2)OCCC[C@@H]1C(=O)NO. The highest BCUT2D eigenvalue weighted by molar-refractivity contribution is 5.94. The summed E-state index contributed by atoms with van der Waals surface area (Å²) in [6.45, 7) is 11.6. The highest BCUT2D eigenvalue weighted by Crippen LogP contribution is 2.27. The van der Waals surface area contributed by atoms with Crippen molar-refractivity contribution in [3.63, 3.8) is 0 Å². The number of carbonyl (C=O) groups is 4. The lowest BCUT2D eigenvalue weighted by Gasteiger charge is -2.29. The van der Waals surface area contributed by atoms with Crippen LogP contribution in [0.25, 0.3) is 0 Å². The lowest BCUT2D eigenvalue weighted by molar-refractivity contribution is -0.142. The molecule has 0 spiro atoms. The molecule has 0 saturated heterocycles. The van der Waals surface area contributed by atoms with Gasteiger partial charge in [0.05, 0.1) is 90.8 Å². The van der Waals surface area contributed by atoms with Crippen molar-refractivity contribution in [3.8, 4) is 5.75 Å². The number of hydrogen-bond donors (Lipinski definition) is 8. The molecule has 4 rings (SSSR count). The monoisotopic (exact) mass is 891 g/mol. The number of hydrogen-bond acceptors (Lipinski definition) is 16. The van der Waals surface area contributed by atoms with Crippen LogP contribution >= 0.6 is 0 Å². The van der Waals surface area contributed by atoms with Crippen LogP contribution < -0.4 is 42.8 Å². The molecule has 2 aromatic rings. The van der Waals surface area contributed by atoms with Crippen molar-refractivity contribution in [2.75, 3.05) is 117 Å². The van der Waals surface area contributed by atoms with E-state index >= 15 is 0 Å². The molecule has 2 bridgehead atoms. The first-order valence-corrected chi connectivity index (χ1v) is 21.8. The van der Waals surface area contributed by atoms with Gasteiger partial charge in [0.1, 0.15) is 17.6 Å². The number of amides is 4. The van der Waals surface area contributed by atoms with E-state index in [0.29, 0.717) is 129 Å². The van der Waals surface area contributed by atoms with Crippen LogP contribution in [0.1, 0.15) is 55.5 Å². The highest BCUT2D eigenvalue weighted by atomic mass is 16.5. The Hall–Kier alpha value is -4.51. The van der Waals surface area contributed by atoms with Gasteiger partial charge in [-0.15, -0.1) is 0 Å². The number of nitrogens with one attached hydrogen (secondary N) is 6. The summed E-state index contributed by atoms with van der Waals surface area (Å²) in [5, 5.41) is 21.3. The van der Waals surface area contributed by atoms with Crippen molar-refractivity contribution in [1.29, 1.82) is 0 Å². The predicted octanol–water partition coefficient (Wildman–Crippen LogP) is 0.977. The van der Waals surface area contributed by atoms with Crippen molar-refractivity contribution in [2.45, 2.75) is 52.0 Å². The lowest BCUT2D eigenvalue weighted by atomic mass is 9.81. The number of nitrogens with zero attached hydrogens (tertiary/aromatic N) is 1. The number of anilines is 1. The van der Waals surface area contributed by atoms with Gasteiger partial charge in [-0.3, -0.25) is 24.4 Å². The van der Waals surface area contributed by atoms with Gasteiger partial charge in [0.25, 0.3) is 5.91 Å². The number of ether oxygens (including phenoxy) is 7. The first kappa shape index (κ1) is 52.8. The van der Waals surface area contributed by atoms with Gasteiger partial charge in [0.2, 0.25) is 17.7 Å². The average Bonchev–Trinajstić information content (AvgIpc) is 3.29. The van der Waals surface area contributed by atoms with Crippen LogP contribution in [0.4, 0.5) is 5.82 Å². The van der Waals surface area contributed by atoms with E-state index in [2.05, 4.69) is 31.7 Å². The van der Waals surface area contributed by atoms with Gasteiger partial charge in [0.15, 0.2) is 0 Å². The third-order valence-corrected chi connectivity index (χ3v) is 9.72. The quantitative estimate of drug-likeness (QED) is 0.0227. The number of nitrogen functional groups attached to an aromatic ring is 1. The predicted molar refractivity (Wildman–Crippen MR) is 233 cm³/mol. The number of aromatic nitrogens is 1. The van der Waals surface area contributed by atoms with Crippen molar-refractivity contribution >= 4 is 29.4 Å². The maximum atomic E-state index is 13.7. The number of benzene rings is 1. The number of fused-ring (bicyclic) bond motifs is 11. The molecule has 3 heterocycles. The van der Waals surface area contributed by atoms with E-state index in [1.165, 1.54) is 6.20 Å². The lowest BCUT2D eigenvalue weighted by Crippen LogP contribution is -2.52. The smallest absolute Gasteiger partial charge is 0.252 e. The second-order valence-electron chi connectivity index (χ2n) is 15.1. The molecule has 0 saturated carbocycles. The minimum absolute atomic E-state index is 0.0904. The summed E-state index contributed by atoms with van der Waals surface area (Å²) >= 11 is 0. The number of hydroxylamine groups is 1. The number of carbonyl (C=O) groups excluding carboxylic acids is 4. The van der Waals surface area contributed by atoms with E-state index in [1.807, 2.05) is 38.1 Å². The summed E-state index contributed by atoms with van der Waals surface area (Å²) < 4.78 is 39.2. The van der Waals surface area contributed by atoms with E-state index in [1.54, 1.807) is 17.6 Å². The van der Waals surface area contributed by atoms with Gasteiger partial charge >= 0.3 is 0 Å². The zero-order valence-electron chi connectivity index (χ0n) is 36.9. The zero-order chi connectivity index (χ0) is 45.3. The molecule has 354 valence electrons. The molecular weight excluding hydrogens is 821 g/mol. The molecule has 4 amide bonds. The summed E-state index contributed by atoms with van der Waals surface area (Å²) in [7, 11) is 0. The number of hydrazine groups is 1. The Morgan fingerprint density at radius 2 is 1.40 bits per heavy atom. The molecule has 0 aliphatic carbocycles. The Balaban J connectivity index is 1.14. The minimum Gasteiger partial charge on any atom is -0.494 e. The molecule has 0 fully saturated rings. The van der Waals surface area contributed by atoms with Gasteiger partial charge in [0, 0.05) is 44.8 Å². The van der Waals surface area contributed by atoms with Gasteiger partial charge in [-0.2, -0.15) is 0 Å². The molecule has 0 radical (unpaired) electrons. The standard InChI is InChI=1S/C43H70N8O12/c1-32(2)29-37-36(42(54)51-56)5-3-17-63-35-9-6-33(7-10-35)30-38(49-41(37)53)43(55)47-15-20-60-24-28-62-26-22-58-18-13-45-12-4-16-57-21-25-61-27-23-59-19-14-46-40(52)34-8-11-39(50-44)48-31-34/h6-11,31-32,36-38,45,56H,3-5,12-30,44H2,1-2H3,(H,46,52)(H,47,55)(H,48,50)(H,49,53)(H,51,54)/t36-,37+,38-/m0/s1. The second-order valence-corrected chi connectivity index (χ2v) is 15.1. The number of nitrogens with two attached hydrogens (primary N) is 1. The maximum absolute atomic E-state index is 13.7. The molecular formula is C43H70N8O12. The van der Waals surface area contributed by atoms with Crippen LogP contribution in [0.5, 0.6) is 5.75 Å². The number of pyridine rings is 1. The Kier molecular flexibility index (Phi) is 27.7. The van der Waals surface area contributed by atoms with E-state index in [0.717, 1.165) is 18.5 Å². The fourth-order valence-electron chi connectivity index (χ4n) is 6.47. The summed E-state index contributed by atoms with van der Waals surface area (Å²) in [6.07, 6.45) is 3.77. The molecule has 0 unspecified atom stereocenters. The van der Waals surface area contributed by atoms with Crippen LogP contribution in [-0.4, -0.2) is 152 Å². The Labute approximate surface area is 370 Å². The molecule has 63 heavy (non-hydrogen) atoms. The molecule has 20 heteroatoms. The fraction of sp³-hybridized carbons (Fsp3) is 0.651. The Morgan fingerprint density at radius 1 is 0.794 bits per heavy atom.